The number of benzene rings is 1. The Morgan fingerprint density at radius 2 is 2.00 bits per heavy atom. The average Bonchev–Trinajstić information content (AvgIpc) is 2.79. The molecule has 1 aliphatic heterocycles. The van der Waals surface area contributed by atoms with E-state index in [0.29, 0.717) is 5.75 Å². The number of sulfonamides is 1. The molecule has 0 amide bonds. The van der Waals surface area contributed by atoms with Crippen LogP contribution in [0.15, 0.2) is 29.2 Å². The molecule has 2 rings (SSSR count). The second kappa shape index (κ2) is 4.91. The molecule has 1 fully saturated rings. The first-order chi connectivity index (χ1) is 8.43. The minimum absolute atomic E-state index is 0.141. The second-order valence-electron chi connectivity index (χ2n) is 4.06. The number of nitrogens with zero attached hydrogens (tertiary/aromatic N) is 1. The summed E-state index contributed by atoms with van der Waals surface area (Å²) in [6, 6.07) is 5.44. The number of hydrogen-bond acceptors (Lipinski definition) is 4. The first-order valence-electron chi connectivity index (χ1n) is 5.32. The van der Waals surface area contributed by atoms with E-state index in [1.54, 1.807) is 12.1 Å². The third-order valence-electron chi connectivity index (χ3n) is 2.75. The van der Waals surface area contributed by atoms with Crippen LogP contribution in [0, 0.1) is 6.92 Å². The van der Waals surface area contributed by atoms with E-state index in [-0.39, 0.29) is 10.8 Å². The third kappa shape index (κ3) is 2.38. The summed E-state index contributed by atoms with van der Waals surface area (Å²) in [4.78, 5) is 11.2. The predicted molar refractivity (Wildman–Crippen MR) is 69.0 cm³/mol. The van der Waals surface area contributed by atoms with Crippen molar-refractivity contribution in [3.05, 3.63) is 29.8 Å². The molecule has 18 heavy (non-hydrogen) atoms. The van der Waals surface area contributed by atoms with E-state index in [4.69, 9.17) is 5.11 Å². The van der Waals surface area contributed by atoms with E-state index in [9.17, 15) is 13.2 Å². The first kappa shape index (κ1) is 13.4. The topological polar surface area (TPSA) is 74.7 Å². The number of aliphatic carboxylic acids is 1. The molecule has 0 radical (unpaired) electrons. The van der Waals surface area contributed by atoms with Crippen LogP contribution in [0.3, 0.4) is 0 Å². The van der Waals surface area contributed by atoms with E-state index < -0.39 is 22.0 Å². The van der Waals surface area contributed by atoms with Gasteiger partial charge < -0.3 is 5.11 Å². The molecule has 0 bridgehead atoms. The molecule has 7 heteroatoms. The van der Waals surface area contributed by atoms with Crippen LogP contribution in [0.5, 0.6) is 0 Å². The lowest BCUT2D eigenvalue weighted by molar-refractivity contribution is -0.140. The standard InChI is InChI=1S/C11H13NO4S2/c1-8-2-4-9(5-3-8)18(15,16)12-7-17-6-10(12)11(13)14/h2-5,10H,6-7H2,1H3,(H,13,14). The van der Waals surface area contributed by atoms with Gasteiger partial charge in [0.2, 0.25) is 10.0 Å². The zero-order chi connectivity index (χ0) is 13.3. The summed E-state index contributed by atoms with van der Waals surface area (Å²) >= 11 is 1.31. The van der Waals surface area contributed by atoms with Crippen LogP contribution in [-0.2, 0) is 14.8 Å². The van der Waals surface area contributed by atoms with Gasteiger partial charge >= 0.3 is 5.97 Å². The number of carbonyl (C=O) groups is 1. The van der Waals surface area contributed by atoms with Gasteiger partial charge in [0.25, 0.3) is 0 Å². The molecule has 1 heterocycles. The molecule has 1 aromatic rings. The lowest BCUT2D eigenvalue weighted by Crippen LogP contribution is -2.41. The van der Waals surface area contributed by atoms with Gasteiger partial charge in [-0.15, -0.1) is 11.8 Å². The zero-order valence-corrected chi connectivity index (χ0v) is 11.4. The summed E-state index contributed by atoms with van der Waals surface area (Å²) in [6.45, 7) is 1.86. The SMILES string of the molecule is Cc1ccc(S(=O)(=O)N2CSCC2C(=O)O)cc1. The molecular formula is C11H13NO4S2. The second-order valence-corrected chi connectivity index (χ2v) is 6.95. The van der Waals surface area contributed by atoms with Crippen molar-refractivity contribution in [2.24, 2.45) is 0 Å². The quantitative estimate of drug-likeness (QED) is 0.902. The minimum atomic E-state index is -3.72. The van der Waals surface area contributed by atoms with Crippen LogP contribution in [0.1, 0.15) is 5.56 Å². The van der Waals surface area contributed by atoms with Gasteiger partial charge in [-0.05, 0) is 19.1 Å². The van der Waals surface area contributed by atoms with Crippen LogP contribution in [0.2, 0.25) is 0 Å². The molecule has 5 nitrogen and oxygen atoms in total. The molecule has 1 aliphatic rings. The summed E-state index contributed by atoms with van der Waals surface area (Å²) in [5.41, 5.74) is 0.958. The Labute approximate surface area is 110 Å². The van der Waals surface area contributed by atoms with E-state index in [1.807, 2.05) is 6.92 Å². The Morgan fingerprint density at radius 1 is 1.39 bits per heavy atom. The largest absolute Gasteiger partial charge is 0.480 e. The molecule has 0 saturated carbocycles. The van der Waals surface area contributed by atoms with E-state index in [1.165, 1.54) is 23.9 Å². The fourth-order valence-electron chi connectivity index (χ4n) is 1.70. The van der Waals surface area contributed by atoms with Gasteiger partial charge in [-0.25, -0.2) is 8.42 Å². The van der Waals surface area contributed by atoms with Crippen molar-refractivity contribution in [2.75, 3.05) is 11.6 Å². The average molecular weight is 287 g/mol. The highest BCUT2D eigenvalue weighted by atomic mass is 32.2. The normalized spacial score (nSPS) is 21.1. The minimum Gasteiger partial charge on any atom is -0.480 e. The van der Waals surface area contributed by atoms with Crippen molar-refractivity contribution in [1.29, 1.82) is 0 Å². The van der Waals surface area contributed by atoms with E-state index in [2.05, 4.69) is 0 Å². The van der Waals surface area contributed by atoms with Crippen LogP contribution < -0.4 is 0 Å². The van der Waals surface area contributed by atoms with Gasteiger partial charge in [0, 0.05) is 5.75 Å². The summed E-state index contributed by atoms with van der Waals surface area (Å²) in [7, 11) is -3.72. The number of carboxylic acids is 1. The van der Waals surface area contributed by atoms with Crippen molar-refractivity contribution < 1.29 is 18.3 Å². The molecule has 0 aromatic heterocycles. The van der Waals surface area contributed by atoms with Crippen molar-refractivity contribution in [3.8, 4) is 0 Å². The number of hydrogen-bond donors (Lipinski definition) is 1. The Balaban J connectivity index is 2.36. The van der Waals surface area contributed by atoms with Gasteiger partial charge in [0.15, 0.2) is 0 Å². The van der Waals surface area contributed by atoms with Gasteiger partial charge in [0.05, 0.1) is 10.8 Å². The third-order valence-corrected chi connectivity index (χ3v) is 5.80. The maximum atomic E-state index is 12.3. The smallest absolute Gasteiger partial charge is 0.322 e. The Bertz CT molecular complexity index is 553. The molecule has 1 unspecified atom stereocenters. The van der Waals surface area contributed by atoms with Gasteiger partial charge in [-0.1, -0.05) is 17.7 Å². The summed E-state index contributed by atoms with van der Waals surface area (Å²) in [6.07, 6.45) is 0. The highest BCUT2D eigenvalue weighted by Crippen LogP contribution is 2.28. The van der Waals surface area contributed by atoms with E-state index >= 15 is 0 Å². The number of aryl methyl sites for hydroxylation is 1. The molecule has 1 atom stereocenters. The maximum absolute atomic E-state index is 12.3. The van der Waals surface area contributed by atoms with Gasteiger partial charge in [0.1, 0.15) is 6.04 Å². The molecule has 0 aliphatic carbocycles. The molecular weight excluding hydrogens is 274 g/mol. The van der Waals surface area contributed by atoms with Crippen LogP contribution in [0.25, 0.3) is 0 Å². The lowest BCUT2D eigenvalue weighted by atomic mass is 10.2. The van der Waals surface area contributed by atoms with Crippen molar-refractivity contribution in [1.82, 2.24) is 4.31 Å². The summed E-state index contributed by atoms with van der Waals surface area (Å²) in [5, 5.41) is 9.02. The predicted octanol–water partition coefficient (Wildman–Crippen LogP) is 1.14. The first-order valence-corrected chi connectivity index (χ1v) is 7.91. The number of thioether (sulfide) groups is 1. The Kier molecular flexibility index (Phi) is 3.65. The van der Waals surface area contributed by atoms with Crippen molar-refractivity contribution >= 4 is 27.8 Å². The van der Waals surface area contributed by atoms with Gasteiger partial charge in [-0.2, -0.15) is 4.31 Å². The van der Waals surface area contributed by atoms with Crippen molar-refractivity contribution in [2.45, 2.75) is 17.9 Å². The Morgan fingerprint density at radius 3 is 2.56 bits per heavy atom. The maximum Gasteiger partial charge on any atom is 0.322 e. The van der Waals surface area contributed by atoms with Gasteiger partial charge in [-0.3, -0.25) is 4.79 Å². The van der Waals surface area contributed by atoms with E-state index in [0.717, 1.165) is 9.87 Å². The molecule has 98 valence electrons. The monoisotopic (exact) mass is 287 g/mol. The lowest BCUT2D eigenvalue weighted by Gasteiger charge is -2.20. The van der Waals surface area contributed by atoms with Crippen LogP contribution >= 0.6 is 11.8 Å². The Hall–Kier alpha value is -1.05. The number of rotatable bonds is 3. The molecule has 0 spiro atoms. The molecule has 1 saturated heterocycles. The fraction of sp³-hybridized carbons (Fsp3) is 0.364. The summed E-state index contributed by atoms with van der Waals surface area (Å²) < 4.78 is 25.7. The summed E-state index contributed by atoms with van der Waals surface area (Å²) in [5.74, 6) is -0.621. The van der Waals surface area contributed by atoms with Crippen molar-refractivity contribution in [3.63, 3.8) is 0 Å². The molecule has 1 aromatic carbocycles. The van der Waals surface area contributed by atoms with Crippen LogP contribution in [-0.4, -0.2) is 41.5 Å². The highest BCUT2D eigenvalue weighted by Gasteiger charge is 2.39. The fourth-order valence-corrected chi connectivity index (χ4v) is 4.84. The molecule has 1 N–H and O–H groups in total. The zero-order valence-electron chi connectivity index (χ0n) is 9.74. The van der Waals surface area contributed by atoms with Crippen LogP contribution in [0.4, 0.5) is 0 Å². The number of carboxylic acid groups (broad SMARTS) is 1. The highest BCUT2D eigenvalue weighted by molar-refractivity contribution is 8.00.